The van der Waals surface area contributed by atoms with E-state index in [-0.39, 0.29) is 17.9 Å². The van der Waals surface area contributed by atoms with Gasteiger partial charge in [0.15, 0.2) is 16.4 Å². The predicted molar refractivity (Wildman–Crippen MR) is 97.0 cm³/mol. The number of nitrogens with zero attached hydrogens (tertiary/aromatic N) is 2. The van der Waals surface area contributed by atoms with Crippen molar-refractivity contribution in [2.45, 2.75) is 18.9 Å². The number of fused-ring (bicyclic) bond motifs is 1. The van der Waals surface area contributed by atoms with Gasteiger partial charge in [0.05, 0.1) is 17.9 Å². The molecule has 10 heteroatoms. The van der Waals surface area contributed by atoms with Crippen LogP contribution in [0, 0.1) is 0 Å². The summed E-state index contributed by atoms with van der Waals surface area (Å²) in [5, 5.41) is 0. The van der Waals surface area contributed by atoms with E-state index in [1.165, 1.54) is 11.9 Å². The Hall–Kier alpha value is -2.75. The number of sulfone groups is 1. The topological polar surface area (TPSA) is 118 Å². The van der Waals surface area contributed by atoms with Crippen molar-refractivity contribution in [2.75, 3.05) is 31.7 Å². The van der Waals surface area contributed by atoms with E-state index in [1.807, 2.05) is 0 Å². The highest BCUT2D eigenvalue weighted by molar-refractivity contribution is 7.91. The fraction of sp³-hybridized carbons (Fsp3) is 0.444. The van der Waals surface area contributed by atoms with Crippen LogP contribution in [-0.2, 0) is 35.4 Å². The highest BCUT2D eigenvalue weighted by atomic mass is 32.2. The lowest BCUT2D eigenvalue weighted by Gasteiger charge is -2.26. The van der Waals surface area contributed by atoms with Crippen LogP contribution in [0.2, 0.25) is 0 Å². The second-order valence-corrected chi connectivity index (χ2v) is 9.07. The minimum Gasteiger partial charge on any atom is -0.454 e. The number of ether oxygens (including phenoxy) is 1. The largest absolute Gasteiger partial charge is 0.454 e. The first kappa shape index (κ1) is 20.0. The number of hydrogen-bond acceptors (Lipinski definition) is 7. The van der Waals surface area contributed by atoms with Crippen molar-refractivity contribution < 1.29 is 32.3 Å². The summed E-state index contributed by atoms with van der Waals surface area (Å²) in [5.74, 6) is -2.61. The fourth-order valence-corrected chi connectivity index (χ4v) is 5.04. The number of carbonyl (C=O) groups is 4. The first-order valence-corrected chi connectivity index (χ1v) is 10.5. The van der Waals surface area contributed by atoms with E-state index in [0.717, 1.165) is 4.90 Å². The zero-order chi connectivity index (χ0) is 20.5. The molecule has 0 spiro atoms. The molecule has 2 aliphatic heterocycles. The smallest absolute Gasteiger partial charge is 0.326 e. The summed E-state index contributed by atoms with van der Waals surface area (Å²) in [6, 6.07) is 6.20. The maximum Gasteiger partial charge on any atom is 0.326 e. The number of hydrogen-bond donors (Lipinski definition) is 0. The van der Waals surface area contributed by atoms with Crippen LogP contribution in [0.15, 0.2) is 24.3 Å². The number of carbonyl (C=O) groups excluding carboxylic acids is 4. The molecule has 3 amide bonds. The molecule has 150 valence electrons. The molecule has 2 heterocycles. The van der Waals surface area contributed by atoms with Gasteiger partial charge in [-0.05, 0) is 18.1 Å². The molecule has 0 radical (unpaired) electrons. The molecule has 0 aromatic heterocycles. The molecule has 9 nitrogen and oxygen atoms in total. The highest BCUT2D eigenvalue weighted by Gasteiger charge is 2.34. The summed E-state index contributed by atoms with van der Waals surface area (Å²) in [6.07, 6.45) is 0.349. The van der Waals surface area contributed by atoms with Gasteiger partial charge >= 0.3 is 5.97 Å². The second kappa shape index (κ2) is 7.70. The molecule has 1 saturated heterocycles. The number of imide groups is 1. The van der Waals surface area contributed by atoms with Gasteiger partial charge in [-0.3, -0.25) is 24.1 Å². The van der Waals surface area contributed by atoms with Crippen LogP contribution >= 0.6 is 0 Å². The number of benzene rings is 1. The molecule has 0 bridgehead atoms. The SMILES string of the molecule is CN(C(=O)COC(=O)CN1C(=O)Cc2ccccc2C1=O)[C@H]1CCS(=O)(=O)C1. The van der Waals surface area contributed by atoms with Crippen LogP contribution in [0.1, 0.15) is 22.3 Å². The lowest BCUT2D eigenvalue weighted by molar-refractivity contribution is -0.154. The van der Waals surface area contributed by atoms with E-state index in [4.69, 9.17) is 4.74 Å². The summed E-state index contributed by atoms with van der Waals surface area (Å²) in [4.78, 5) is 50.8. The Labute approximate surface area is 162 Å². The number of amides is 3. The van der Waals surface area contributed by atoms with Crippen LogP contribution in [0.4, 0.5) is 0 Å². The van der Waals surface area contributed by atoms with Crippen LogP contribution in [0.3, 0.4) is 0 Å². The summed E-state index contributed by atoms with van der Waals surface area (Å²) in [6.45, 7) is -1.17. The van der Waals surface area contributed by atoms with Gasteiger partial charge in [0.1, 0.15) is 6.54 Å². The average Bonchev–Trinajstić information content (AvgIpc) is 3.02. The minimum atomic E-state index is -3.14. The van der Waals surface area contributed by atoms with E-state index < -0.39 is 52.7 Å². The second-order valence-electron chi connectivity index (χ2n) is 6.84. The molecule has 0 unspecified atom stereocenters. The summed E-state index contributed by atoms with van der Waals surface area (Å²) in [5.41, 5.74) is 0.957. The quantitative estimate of drug-likeness (QED) is 0.471. The minimum absolute atomic E-state index is 0.00696. The molecule has 3 rings (SSSR count). The lowest BCUT2D eigenvalue weighted by Crippen LogP contribution is -2.46. The van der Waals surface area contributed by atoms with Gasteiger partial charge in [-0.2, -0.15) is 0 Å². The molecular formula is C18H20N2O7S. The maximum absolute atomic E-state index is 12.4. The van der Waals surface area contributed by atoms with Gasteiger partial charge in [0, 0.05) is 18.7 Å². The van der Waals surface area contributed by atoms with E-state index in [0.29, 0.717) is 17.5 Å². The molecule has 1 fully saturated rings. The zero-order valence-electron chi connectivity index (χ0n) is 15.3. The molecule has 1 aromatic rings. The Bertz CT molecular complexity index is 941. The van der Waals surface area contributed by atoms with Gasteiger partial charge in [0.25, 0.3) is 11.8 Å². The van der Waals surface area contributed by atoms with E-state index >= 15 is 0 Å². The van der Waals surface area contributed by atoms with Crippen molar-refractivity contribution in [3.63, 3.8) is 0 Å². The van der Waals surface area contributed by atoms with Gasteiger partial charge in [0.2, 0.25) is 5.91 Å². The van der Waals surface area contributed by atoms with Gasteiger partial charge in [-0.15, -0.1) is 0 Å². The molecule has 2 aliphatic rings. The molecular weight excluding hydrogens is 388 g/mol. The van der Waals surface area contributed by atoms with Crippen LogP contribution in [0.25, 0.3) is 0 Å². The third kappa shape index (κ3) is 4.22. The number of esters is 1. The highest BCUT2D eigenvalue weighted by Crippen LogP contribution is 2.19. The third-order valence-electron chi connectivity index (χ3n) is 4.93. The summed E-state index contributed by atoms with van der Waals surface area (Å²) >= 11 is 0. The first-order chi connectivity index (χ1) is 13.2. The van der Waals surface area contributed by atoms with Crippen LogP contribution in [-0.4, -0.2) is 79.7 Å². The molecule has 28 heavy (non-hydrogen) atoms. The van der Waals surface area contributed by atoms with Crippen molar-refractivity contribution in [1.29, 1.82) is 0 Å². The van der Waals surface area contributed by atoms with Crippen LogP contribution in [0.5, 0.6) is 0 Å². The summed E-state index contributed by atoms with van der Waals surface area (Å²) < 4.78 is 27.9. The van der Waals surface area contributed by atoms with Gasteiger partial charge in [-0.1, -0.05) is 18.2 Å². The third-order valence-corrected chi connectivity index (χ3v) is 6.68. The van der Waals surface area contributed by atoms with E-state index in [2.05, 4.69) is 0 Å². The van der Waals surface area contributed by atoms with Crippen molar-refractivity contribution in [1.82, 2.24) is 9.80 Å². The zero-order valence-corrected chi connectivity index (χ0v) is 16.1. The van der Waals surface area contributed by atoms with Gasteiger partial charge < -0.3 is 9.64 Å². The van der Waals surface area contributed by atoms with Crippen LogP contribution < -0.4 is 0 Å². The first-order valence-electron chi connectivity index (χ1n) is 8.72. The Morgan fingerprint density at radius 3 is 2.64 bits per heavy atom. The Balaban J connectivity index is 1.54. The number of likely N-dealkylation sites (N-methyl/N-ethyl adjacent to an activating group) is 1. The van der Waals surface area contributed by atoms with Gasteiger partial charge in [-0.25, -0.2) is 8.42 Å². The fourth-order valence-electron chi connectivity index (χ4n) is 3.26. The van der Waals surface area contributed by atoms with E-state index in [9.17, 15) is 27.6 Å². The average molecular weight is 408 g/mol. The summed E-state index contributed by atoms with van der Waals surface area (Å²) in [7, 11) is -1.69. The van der Waals surface area contributed by atoms with Crippen molar-refractivity contribution in [2.24, 2.45) is 0 Å². The molecule has 1 aromatic carbocycles. The Morgan fingerprint density at radius 2 is 1.96 bits per heavy atom. The Kier molecular flexibility index (Phi) is 5.50. The molecule has 0 N–H and O–H groups in total. The monoisotopic (exact) mass is 408 g/mol. The molecule has 1 atom stereocenters. The predicted octanol–water partition coefficient (Wildman–Crippen LogP) is -0.600. The lowest BCUT2D eigenvalue weighted by atomic mass is 9.98. The maximum atomic E-state index is 12.4. The van der Waals surface area contributed by atoms with Crippen molar-refractivity contribution in [3.05, 3.63) is 35.4 Å². The normalized spacial score (nSPS) is 20.6. The molecule has 0 saturated carbocycles. The number of rotatable bonds is 5. The standard InChI is InChI=1S/C18H20N2O7S/c1-19(13-6-7-28(25,26)11-13)16(22)10-27-17(23)9-20-15(21)8-12-4-2-3-5-14(12)18(20)24/h2-5,13H,6-11H2,1H3/t13-/m0/s1. The molecule has 0 aliphatic carbocycles. The Morgan fingerprint density at radius 1 is 1.25 bits per heavy atom. The van der Waals surface area contributed by atoms with E-state index in [1.54, 1.807) is 24.3 Å². The van der Waals surface area contributed by atoms with Crippen molar-refractivity contribution in [3.8, 4) is 0 Å². The van der Waals surface area contributed by atoms with Crippen molar-refractivity contribution >= 4 is 33.5 Å².